The predicted molar refractivity (Wildman–Crippen MR) is 147 cm³/mol. The number of anilines is 2. The third-order valence-electron chi connectivity index (χ3n) is 6.66. The number of carbonyl (C=O) groups excluding carboxylic acids is 3. The summed E-state index contributed by atoms with van der Waals surface area (Å²) in [4.78, 5) is 41.7. The minimum Gasteiger partial charge on any atom is -0.376 e. The van der Waals surface area contributed by atoms with Crippen LogP contribution in [-0.4, -0.2) is 54.2 Å². The van der Waals surface area contributed by atoms with Gasteiger partial charge >= 0.3 is 0 Å². The van der Waals surface area contributed by atoms with Crippen LogP contribution in [0, 0.1) is 5.92 Å². The van der Waals surface area contributed by atoms with Crippen molar-refractivity contribution >= 4 is 29.1 Å². The van der Waals surface area contributed by atoms with Crippen molar-refractivity contribution in [3.8, 4) is 0 Å². The Morgan fingerprint density at radius 2 is 1.57 bits per heavy atom. The average Bonchev–Trinajstić information content (AvgIpc) is 2.92. The molecule has 0 radical (unpaired) electrons. The number of likely N-dealkylation sites (tertiary alicyclic amines) is 1. The van der Waals surface area contributed by atoms with Crippen LogP contribution in [0.25, 0.3) is 0 Å². The van der Waals surface area contributed by atoms with Crippen LogP contribution in [0.15, 0.2) is 78.9 Å². The van der Waals surface area contributed by atoms with Gasteiger partial charge < -0.3 is 20.4 Å². The maximum absolute atomic E-state index is 12.9. The average molecular weight is 499 g/mol. The summed E-state index contributed by atoms with van der Waals surface area (Å²) < 4.78 is 0. The van der Waals surface area contributed by atoms with Crippen LogP contribution in [0.4, 0.5) is 11.4 Å². The van der Waals surface area contributed by atoms with Gasteiger partial charge in [-0.1, -0.05) is 43.3 Å². The first-order valence-corrected chi connectivity index (χ1v) is 12.7. The van der Waals surface area contributed by atoms with Crippen LogP contribution in [0.5, 0.6) is 0 Å². The summed E-state index contributed by atoms with van der Waals surface area (Å²) in [5, 5.41) is 5.93. The molecule has 0 aliphatic carbocycles. The van der Waals surface area contributed by atoms with Crippen molar-refractivity contribution in [3.05, 3.63) is 95.6 Å². The molecule has 1 fully saturated rings. The molecule has 3 amide bonds. The molecular weight excluding hydrogens is 464 g/mol. The van der Waals surface area contributed by atoms with Crippen molar-refractivity contribution in [1.29, 1.82) is 0 Å². The van der Waals surface area contributed by atoms with Gasteiger partial charge in [0.05, 0.1) is 6.54 Å². The highest BCUT2D eigenvalue weighted by Crippen LogP contribution is 2.19. The number of hydrogen-bond donors (Lipinski definition) is 2. The lowest BCUT2D eigenvalue weighted by molar-refractivity contribution is -0.114. The lowest BCUT2D eigenvalue weighted by Crippen LogP contribution is -2.37. The molecule has 3 aromatic rings. The second kappa shape index (κ2) is 12.2. The molecule has 0 aromatic heterocycles. The Morgan fingerprint density at radius 3 is 2.27 bits per heavy atom. The third-order valence-corrected chi connectivity index (χ3v) is 6.66. The fourth-order valence-electron chi connectivity index (χ4n) is 4.39. The van der Waals surface area contributed by atoms with E-state index in [4.69, 9.17) is 0 Å². The molecular formula is C30H34N4O3. The van der Waals surface area contributed by atoms with Gasteiger partial charge in [-0.15, -0.1) is 0 Å². The van der Waals surface area contributed by atoms with Crippen LogP contribution in [-0.2, 0) is 11.3 Å². The minimum atomic E-state index is -0.232. The van der Waals surface area contributed by atoms with E-state index in [1.807, 2.05) is 47.4 Å². The Kier molecular flexibility index (Phi) is 8.56. The van der Waals surface area contributed by atoms with E-state index in [9.17, 15) is 14.4 Å². The molecule has 2 N–H and O–H groups in total. The lowest BCUT2D eigenvalue weighted by atomic mass is 9.98. The van der Waals surface area contributed by atoms with E-state index >= 15 is 0 Å². The van der Waals surface area contributed by atoms with Gasteiger partial charge in [-0.05, 0) is 66.8 Å². The predicted octanol–water partition coefficient (Wildman–Crippen LogP) is 4.88. The first-order chi connectivity index (χ1) is 17.9. The number of hydrogen-bond acceptors (Lipinski definition) is 4. The molecule has 0 unspecified atom stereocenters. The summed E-state index contributed by atoms with van der Waals surface area (Å²) >= 11 is 0. The zero-order valence-electron chi connectivity index (χ0n) is 21.4. The molecule has 1 saturated heterocycles. The maximum atomic E-state index is 12.9. The molecule has 1 aliphatic rings. The highest BCUT2D eigenvalue weighted by Gasteiger charge is 2.21. The fraction of sp³-hybridized carbons (Fsp3) is 0.300. The Hall–Kier alpha value is -4.13. The van der Waals surface area contributed by atoms with Crippen molar-refractivity contribution < 1.29 is 14.4 Å². The molecule has 0 atom stereocenters. The maximum Gasteiger partial charge on any atom is 0.253 e. The van der Waals surface area contributed by atoms with Gasteiger partial charge in [0.15, 0.2) is 0 Å². The van der Waals surface area contributed by atoms with Crippen LogP contribution in [0.1, 0.15) is 46.0 Å². The second-order valence-electron chi connectivity index (χ2n) is 9.68. The second-order valence-corrected chi connectivity index (χ2v) is 9.68. The summed E-state index contributed by atoms with van der Waals surface area (Å²) in [6.07, 6.45) is 2.09. The van der Waals surface area contributed by atoms with E-state index in [1.54, 1.807) is 48.3 Å². The Bertz CT molecular complexity index is 1220. The number of piperidine rings is 1. The van der Waals surface area contributed by atoms with Crippen molar-refractivity contribution in [3.63, 3.8) is 0 Å². The molecule has 7 heteroatoms. The summed E-state index contributed by atoms with van der Waals surface area (Å²) in [6, 6.07) is 23.9. The van der Waals surface area contributed by atoms with Gasteiger partial charge in [0.2, 0.25) is 5.91 Å². The quantitative estimate of drug-likeness (QED) is 0.464. The fourth-order valence-corrected chi connectivity index (χ4v) is 4.39. The van der Waals surface area contributed by atoms with Crippen LogP contribution in [0.3, 0.4) is 0 Å². The van der Waals surface area contributed by atoms with E-state index < -0.39 is 0 Å². The Balaban J connectivity index is 1.27. The first kappa shape index (κ1) is 25.9. The summed E-state index contributed by atoms with van der Waals surface area (Å²) in [7, 11) is 1.76. The molecule has 3 aromatic carbocycles. The van der Waals surface area contributed by atoms with Crippen molar-refractivity contribution in [2.75, 3.05) is 37.3 Å². The third kappa shape index (κ3) is 7.19. The van der Waals surface area contributed by atoms with E-state index in [0.717, 1.165) is 37.2 Å². The Morgan fingerprint density at radius 1 is 0.865 bits per heavy atom. The van der Waals surface area contributed by atoms with Crippen molar-refractivity contribution in [1.82, 2.24) is 9.80 Å². The molecule has 1 heterocycles. The number of benzene rings is 3. The summed E-state index contributed by atoms with van der Waals surface area (Å²) in [5.41, 5.74) is 3.52. The topological polar surface area (TPSA) is 81.8 Å². The number of amides is 3. The summed E-state index contributed by atoms with van der Waals surface area (Å²) in [5.74, 6) is 0.377. The SMILES string of the molecule is CC1CCN(C(=O)c2ccc(NCC(=O)Nc3cccc(C(=O)N(C)Cc4ccccc4)c3)cc2)CC1. The van der Waals surface area contributed by atoms with Gasteiger partial charge in [0.25, 0.3) is 11.8 Å². The highest BCUT2D eigenvalue weighted by molar-refractivity contribution is 5.98. The molecule has 1 aliphatic heterocycles. The standard InChI is InChI=1S/C30H34N4O3/c1-22-15-17-34(18-16-22)30(37)24-11-13-26(14-12-24)31-20-28(35)32-27-10-6-9-25(19-27)29(36)33(2)21-23-7-4-3-5-8-23/h3-14,19,22,31H,15-18,20-21H2,1-2H3,(H,32,35). The van der Waals surface area contributed by atoms with Gasteiger partial charge in [0.1, 0.15) is 0 Å². The van der Waals surface area contributed by atoms with Crippen LogP contribution < -0.4 is 10.6 Å². The largest absolute Gasteiger partial charge is 0.376 e. The zero-order chi connectivity index (χ0) is 26.2. The molecule has 7 nitrogen and oxygen atoms in total. The van der Waals surface area contributed by atoms with Crippen LogP contribution >= 0.6 is 0 Å². The molecule has 37 heavy (non-hydrogen) atoms. The van der Waals surface area contributed by atoms with E-state index in [2.05, 4.69) is 17.6 Å². The molecule has 192 valence electrons. The lowest BCUT2D eigenvalue weighted by Gasteiger charge is -2.30. The number of carbonyl (C=O) groups is 3. The van der Waals surface area contributed by atoms with E-state index in [0.29, 0.717) is 29.3 Å². The molecule has 0 spiro atoms. The van der Waals surface area contributed by atoms with Gasteiger partial charge in [-0.3, -0.25) is 14.4 Å². The molecule has 4 rings (SSSR count). The van der Waals surface area contributed by atoms with Gasteiger partial charge in [0, 0.05) is 49.2 Å². The Labute approximate surface area is 218 Å². The normalized spacial score (nSPS) is 13.6. The van der Waals surface area contributed by atoms with Crippen molar-refractivity contribution in [2.24, 2.45) is 5.92 Å². The van der Waals surface area contributed by atoms with E-state index in [-0.39, 0.29) is 24.3 Å². The van der Waals surface area contributed by atoms with Crippen molar-refractivity contribution in [2.45, 2.75) is 26.3 Å². The number of rotatable bonds is 8. The molecule has 0 saturated carbocycles. The van der Waals surface area contributed by atoms with Crippen LogP contribution in [0.2, 0.25) is 0 Å². The smallest absolute Gasteiger partial charge is 0.253 e. The number of nitrogens with one attached hydrogen (secondary N) is 2. The van der Waals surface area contributed by atoms with E-state index in [1.165, 1.54) is 0 Å². The minimum absolute atomic E-state index is 0.0556. The number of nitrogens with zero attached hydrogens (tertiary/aromatic N) is 2. The first-order valence-electron chi connectivity index (χ1n) is 12.7. The monoisotopic (exact) mass is 498 g/mol. The van der Waals surface area contributed by atoms with Gasteiger partial charge in [-0.2, -0.15) is 0 Å². The zero-order valence-corrected chi connectivity index (χ0v) is 21.4. The van der Waals surface area contributed by atoms with Gasteiger partial charge in [-0.25, -0.2) is 0 Å². The molecule has 0 bridgehead atoms. The summed E-state index contributed by atoms with van der Waals surface area (Å²) in [6.45, 7) is 4.39. The highest BCUT2D eigenvalue weighted by atomic mass is 16.2.